The summed E-state index contributed by atoms with van der Waals surface area (Å²) >= 11 is 0. The molecule has 0 unspecified atom stereocenters. The van der Waals surface area contributed by atoms with E-state index in [0.717, 1.165) is 193 Å². The van der Waals surface area contributed by atoms with Crippen molar-refractivity contribution in [1.82, 2.24) is 29.9 Å². The molecule has 9 heteroatoms. The van der Waals surface area contributed by atoms with E-state index in [1.165, 1.54) is 70.9 Å². The Balaban J connectivity index is 0.000000106. The molecule has 6 aromatic heterocycles. The van der Waals surface area contributed by atoms with Gasteiger partial charge in [0.25, 0.3) is 0 Å². The first kappa shape index (κ1) is 68.7. The molecule has 0 aliphatic rings. The minimum absolute atomic E-state index is 0.872. The van der Waals surface area contributed by atoms with Crippen LogP contribution in [0, 0.1) is 41.5 Å². The molecule has 117 heavy (non-hydrogen) atoms. The maximum Gasteiger partial charge on any atom is 0.138 e. The van der Waals surface area contributed by atoms with Crippen LogP contribution in [0.4, 0.5) is 0 Å². The Morgan fingerprint density at radius 2 is 0.470 bits per heavy atom. The Bertz CT molecular complexity index is 8160. The van der Waals surface area contributed by atoms with E-state index in [-0.39, 0.29) is 0 Å². The van der Waals surface area contributed by atoms with E-state index < -0.39 is 0 Å². The molecule has 0 aliphatic heterocycles. The van der Waals surface area contributed by atoms with Gasteiger partial charge in [-0.15, -0.1) is 0 Å². The number of hydrogen-bond acceptors (Lipinski definition) is 9. The lowest BCUT2D eigenvalue weighted by atomic mass is 9.97. The van der Waals surface area contributed by atoms with Crippen LogP contribution in [0.5, 0.6) is 0 Å². The highest BCUT2D eigenvalue weighted by Crippen LogP contribution is 2.43. The smallest absolute Gasteiger partial charge is 0.138 e. The summed E-state index contributed by atoms with van der Waals surface area (Å²) < 4.78 is 18.6. The van der Waals surface area contributed by atoms with Crippen LogP contribution in [0.3, 0.4) is 0 Å². The van der Waals surface area contributed by atoms with Crippen molar-refractivity contribution in [2.45, 2.75) is 41.5 Å². The molecule has 0 spiro atoms. The van der Waals surface area contributed by atoms with Crippen molar-refractivity contribution in [3.05, 3.63) is 361 Å². The minimum Gasteiger partial charge on any atom is -0.456 e. The number of benzene rings is 18. The summed E-state index contributed by atoms with van der Waals surface area (Å²) in [7, 11) is 0. The Morgan fingerprint density at radius 1 is 0.179 bits per heavy atom. The summed E-state index contributed by atoms with van der Waals surface area (Å²) in [4.78, 5) is 30.2. The van der Waals surface area contributed by atoms with Crippen LogP contribution < -0.4 is 0 Å². The van der Waals surface area contributed by atoms with Crippen LogP contribution in [0.2, 0.25) is 0 Å². The number of fused-ring (bicyclic) bond motifs is 27. The quantitative estimate of drug-likeness (QED) is 0.150. The lowest BCUT2D eigenvalue weighted by Gasteiger charge is -2.11. The highest BCUT2D eigenvalue weighted by Gasteiger charge is 2.21. The zero-order valence-corrected chi connectivity index (χ0v) is 65.1. The summed E-state index contributed by atoms with van der Waals surface area (Å²) in [5.41, 5.74) is 31.2. The van der Waals surface area contributed by atoms with E-state index in [1.54, 1.807) is 0 Å². The molecule has 0 radical (unpaired) electrons. The molecule has 0 N–H and O–H groups in total. The number of para-hydroxylation sites is 1. The molecule has 24 rings (SSSR count). The van der Waals surface area contributed by atoms with Gasteiger partial charge in [-0.1, -0.05) is 260 Å². The predicted molar refractivity (Wildman–Crippen MR) is 487 cm³/mol. The summed E-state index contributed by atoms with van der Waals surface area (Å²) in [6, 6.07) is 109. The zero-order chi connectivity index (χ0) is 78.3. The minimum atomic E-state index is 0.872. The second-order valence-corrected chi connectivity index (χ2v) is 31.1. The molecule has 0 atom stereocenters. The average Bonchev–Trinajstić information content (AvgIpc) is 1.74. The molecular formula is C108H72N6O3. The second-order valence-electron chi connectivity index (χ2n) is 31.1. The van der Waals surface area contributed by atoms with E-state index in [0.29, 0.717) is 0 Å². The molecule has 24 aromatic rings. The maximum atomic E-state index is 6.31. The van der Waals surface area contributed by atoms with Crippen LogP contribution in [0.15, 0.2) is 341 Å². The largest absolute Gasteiger partial charge is 0.456 e. The van der Waals surface area contributed by atoms with Gasteiger partial charge in [0.15, 0.2) is 0 Å². The maximum absolute atomic E-state index is 6.31. The molecule has 18 aromatic carbocycles. The van der Waals surface area contributed by atoms with Gasteiger partial charge in [0.05, 0.1) is 68.8 Å². The first-order valence-electron chi connectivity index (χ1n) is 39.7. The fraction of sp³-hybridized carbons (Fsp3) is 0.0556. The van der Waals surface area contributed by atoms with Crippen LogP contribution >= 0.6 is 0 Å². The first-order chi connectivity index (χ1) is 57.4. The van der Waals surface area contributed by atoms with E-state index >= 15 is 0 Å². The summed E-state index contributed by atoms with van der Waals surface area (Å²) in [6.07, 6.45) is 5.69. The Labute approximate surface area is 672 Å². The van der Waals surface area contributed by atoms with Gasteiger partial charge in [-0.05, 0) is 190 Å². The standard InChI is InChI=1S/C37H26N2O.C36H24N2O.C35H22N2O/c1-21-16-22(2)36-31(17-21)32-19-26(18-23(3)37(32)40-36)24-12-14-25(15-13-24)33-20-38-34-29-10-6-4-8-27(29)28-9-5-7-11-30(28)35(34)39-33;1-21-8-7-13-30-31-19-25(18-22(2)36(31)39-35(21)30)23-14-16-24(17-15-23)32-20-37-33-28-11-5-3-9-26(28)27-10-4-6-12-29(27)34(33)38-32;1-21-10-16-32-29(18-21)30-19-24(15-17-33(30)38-32)22-11-13-23(14-12-22)31-20-36-34-27-8-4-2-6-25(27)26-7-3-5-9-28(26)35(34)37-31/h4-20H,1-3H3;3-20H,1-2H3;2-20H,1H3. The summed E-state index contributed by atoms with van der Waals surface area (Å²) in [5.74, 6) is 0. The Kier molecular flexibility index (Phi) is 16.1. The topological polar surface area (TPSA) is 117 Å². The van der Waals surface area contributed by atoms with Crippen LogP contribution in [0.25, 0.3) is 231 Å². The molecule has 0 saturated heterocycles. The van der Waals surface area contributed by atoms with Crippen LogP contribution in [-0.4, -0.2) is 29.9 Å². The predicted octanol–water partition coefficient (Wildman–Crippen LogP) is 29.4. The molecule has 552 valence electrons. The van der Waals surface area contributed by atoms with Gasteiger partial charge in [0, 0.05) is 81.3 Å². The van der Waals surface area contributed by atoms with Crippen molar-refractivity contribution in [3.8, 4) is 67.2 Å². The third-order valence-corrected chi connectivity index (χ3v) is 23.6. The summed E-state index contributed by atoms with van der Waals surface area (Å²) in [5, 5.41) is 21.0. The van der Waals surface area contributed by atoms with Gasteiger partial charge in [-0.2, -0.15) is 0 Å². The third-order valence-electron chi connectivity index (χ3n) is 23.6. The van der Waals surface area contributed by atoms with Crippen molar-refractivity contribution in [2.24, 2.45) is 0 Å². The fourth-order valence-corrected chi connectivity index (χ4v) is 17.9. The van der Waals surface area contributed by atoms with Crippen molar-refractivity contribution in [1.29, 1.82) is 0 Å². The third kappa shape index (κ3) is 11.6. The van der Waals surface area contributed by atoms with Gasteiger partial charge >= 0.3 is 0 Å². The Morgan fingerprint density at radius 3 is 0.880 bits per heavy atom. The number of aromatic nitrogens is 6. The van der Waals surface area contributed by atoms with Crippen molar-refractivity contribution >= 4 is 164 Å². The number of furan rings is 3. The Hall–Kier alpha value is -15.1. The fourth-order valence-electron chi connectivity index (χ4n) is 17.9. The molecule has 0 amide bonds. The van der Waals surface area contributed by atoms with Gasteiger partial charge in [0.2, 0.25) is 0 Å². The van der Waals surface area contributed by atoms with E-state index in [9.17, 15) is 0 Å². The number of rotatable bonds is 6. The van der Waals surface area contributed by atoms with E-state index in [1.807, 2.05) is 18.6 Å². The number of nitrogens with zero attached hydrogens (tertiary/aromatic N) is 6. The molecule has 0 aliphatic carbocycles. The van der Waals surface area contributed by atoms with Gasteiger partial charge in [-0.3, -0.25) is 15.0 Å². The summed E-state index contributed by atoms with van der Waals surface area (Å²) in [6.45, 7) is 12.7. The highest BCUT2D eigenvalue weighted by atomic mass is 16.3. The van der Waals surface area contributed by atoms with Crippen LogP contribution in [0.1, 0.15) is 33.4 Å². The molecule has 6 heterocycles. The first-order valence-corrected chi connectivity index (χ1v) is 39.7. The van der Waals surface area contributed by atoms with Crippen molar-refractivity contribution in [2.75, 3.05) is 0 Å². The molecule has 9 nitrogen and oxygen atoms in total. The van der Waals surface area contributed by atoms with E-state index in [4.69, 9.17) is 43.2 Å². The lowest BCUT2D eigenvalue weighted by molar-refractivity contribution is 0.662. The number of aryl methyl sites for hydroxylation is 6. The van der Waals surface area contributed by atoms with Gasteiger partial charge in [-0.25, -0.2) is 15.0 Å². The SMILES string of the molecule is Cc1cc(C)c2oc3c(C)cc(-c4ccc(-c5cnc6c7ccccc7c7ccccc7c6n5)cc4)cc3c2c1.Cc1ccc2oc3ccc(-c4ccc(-c5cnc6c7ccccc7c7ccccc7c6n5)cc4)cc3c2c1.Cc1cccc2c1oc1c(C)cc(-c3ccc(-c4cnc5c6ccccc6c6ccccc6c5n4)cc3)cc12. The monoisotopic (exact) mass is 1500 g/mol. The molecule has 0 saturated carbocycles. The molecule has 0 bridgehead atoms. The van der Waals surface area contributed by atoms with Crippen molar-refractivity contribution < 1.29 is 13.3 Å². The normalized spacial score (nSPS) is 11.8. The molecule has 0 fully saturated rings. The highest BCUT2D eigenvalue weighted by molar-refractivity contribution is 6.26. The van der Waals surface area contributed by atoms with Crippen LogP contribution in [-0.2, 0) is 0 Å². The second kappa shape index (κ2) is 27.4. The van der Waals surface area contributed by atoms with Gasteiger partial charge in [0.1, 0.15) is 33.5 Å². The lowest BCUT2D eigenvalue weighted by Crippen LogP contribution is -1.92. The zero-order valence-electron chi connectivity index (χ0n) is 65.1. The van der Waals surface area contributed by atoms with Gasteiger partial charge < -0.3 is 13.3 Å². The number of hydrogen-bond donors (Lipinski definition) is 0. The van der Waals surface area contributed by atoms with Crippen molar-refractivity contribution in [3.63, 3.8) is 0 Å². The molecular weight excluding hydrogens is 1430 g/mol. The van der Waals surface area contributed by atoms with E-state index in [2.05, 4.69) is 351 Å². The average molecular weight is 1500 g/mol.